The van der Waals surface area contributed by atoms with Gasteiger partial charge in [-0.15, -0.1) is 0 Å². The first kappa shape index (κ1) is 12.6. The number of rotatable bonds is 2. The van der Waals surface area contributed by atoms with Crippen molar-refractivity contribution in [1.82, 2.24) is 20.3 Å². The van der Waals surface area contributed by atoms with Crippen molar-refractivity contribution in [3.8, 4) is 0 Å². The highest BCUT2D eigenvalue weighted by molar-refractivity contribution is 6.08. The monoisotopic (exact) mass is 302 g/mol. The second-order valence-corrected chi connectivity index (χ2v) is 6.04. The Morgan fingerprint density at radius 3 is 2.65 bits per heavy atom. The second-order valence-electron chi connectivity index (χ2n) is 6.04. The minimum Gasteiger partial charge on any atom is -0.349 e. The molecule has 2 heterocycles. The van der Waals surface area contributed by atoms with E-state index in [0.29, 0.717) is 11.6 Å². The number of amides is 1. The minimum atomic E-state index is -0.0162. The molecule has 1 fully saturated rings. The van der Waals surface area contributed by atoms with E-state index >= 15 is 0 Å². The summed E-state index contributed by atoms with van der Waals surface area (Å²) in [4.78, 5) is 24.9. The van der Waals surface area contributed by atoms with Crippen LogP contribution in [0.4, 0.5) is 0 Å². The van der Waals surface area contributed by atoms with Crippen molar-refractivity contribution in [2.75, 3.05) is 0 Å². The number of nitrogens with one attached hydrogen (secondary N) is 2. The lowest BCUT2D eigenvalue weighted by molar-refractivity contribution is 0.0951. The van der Waals surface area contributed by atoms with Crippen molar-refractivity contribution in [1.29, 1.82) is 0 Å². The van der Waals surface area contributed by atoms with E-state index in [1.165, 1.54) is 0 Å². The summed E-state index contributed by atoms with van der Waals surface area (Å²) in [6.07, 6.45) is 2.16. The Labute approximate surface area is 131 Å². The lowest BCUT2D eigenvalue weighted by Crippen LogP contribution is -2.25. The lowest BCUT2D eigenvalue weighted by atomic mass is 10.1. The van der Waals surface area contributed by atoms with E-state index in [-0.39, 0.29) is 5.91 Å². The van der Waals surface area contributed by atoms with Gasteiger partial charge in [-0.2, -0.15) is 0 Å². The van der Waals surface area contributed by atoms with Crippen molar-refractivity contribution in [2.24, 2.45) is 0 Å². The predicted octanol–water partition coefficient (Wildman–Crippen LogP) is 3.16. The number of aromatic nitrogens is 3. The van der Waals surface area contributed by atoms with Crippen molar-refractivity contribution in [2.45, 2.75) is 18.9 Å². The van der Waals surface area contributed by atoms with Crippen molar-refractivity contribution in [3.63, 3.8) is 0 Å². The van der Waals surface area contributed by atoms with E-state index < -0.39 is 0 Å². The van der Waals surface area contributed by atoms with E-state index in [1.807, 2.05) is 42.5 Å². The number of nitrogens with zero attached hydrogens (tertiary/aromatic N) is 2. The average Bonchev–Trinajstić information content (AvgIpc) is 3.32. The van der Waals surface area contributed by atoms with Gasteiger partial charge in [0, 0.05) is 22.5 Å². The van der Waals surface area contributed by atoms with Crippen LogP contribution in [0.15, 0.2) is 42.5 Å². The summed E-state index contributed by atoms with van der Waals surface area (Å²) in [5, 5.41) is 3.95. The van der Waals surface area contributed by atoms with Gasteiger partial charge in [-0.1, -0.05) is 12.1 Å². The molecule has 1 aliphatic rings. The molecule has 4 aromatic rings. The lowest BCUT2D eigenvalue weighted by Gasteiger charge is -2.03. The van der Waals surface area contributed by atoms with Gasteiger partial charge >= 0.3 is 0 Å². The van der Waals surface area contributed by atoms with Gasteiger partial charge in [0.05, 0.1) is 11.0 Å². The first-order valence-electron chi connectivity index (χ1n) is 7.77. The third-order valence-electron chi connectivity index (χ3n) is 4.27. The van der Waals surface area contributed by atoms with Gasteiger partial charge in [0.25, 0.3) is 5.91 Å². The molecule has 2 aromatic heterocycles. The Morgan fingerprint density at radius 2 is 1.87 bits per heavy atom. The molecule has 0 spiro atoms. The molecular weight excluding hydrogens is 288 g/mol. The Morgan fingerprint density at radius 1 is 1.09 bits per heavy atom. The van der Waals surface area contributed by atoms with E-state index in [2.05, 4.69) is 15.3 Å². The predicted molar refractivity (Wildman–Crippen MR) is 89.4 cm³/mol. The second kappa shape index (κ2) is 4.52. The summed E-state index contributed by atoms with van der Waals surface area (Å²) < 4.78 is 0. The number of H-pyrrole nitrogens is 1. The van der Waals surface area contributed by atoms with Crippen LogP contribution >= 0.6 is 0 Å². The molecule has 1 saturated carbocycles. The van der Waals surface area contributed by atoms with Crippen LogP contribution in [-0.2, 0) is 0 Å². The number of carbonyl (C=O) groups is 1. The molecule has 1 aliphatic carbocycles. The van der Waals surface area contributed by atoms with Crippen molar-refractivity contribution in [3.05, 3.63) is 48.0 Å². The third-order valence-corrected chi connectivity index (χ3v) is 4.27. The highest BCUT2D eigenvalue weighted by Gasteiger charge is 2.24. The minimum absolute atomic E-state index is 0.0162. The van der Waals surface area contributed by atoms with Crippen LogP contribution in [0.3, 0.4) is 0 Å². The average molecular weight is 302 g/mol. The summed E-state index contributed by atoms with van der Waals surface area (Å²) in [5.74, 6) is -0.0162. The van der Waals surface area contributed by atoms with Crippen LogP contribution < -0.4 is 5.32 Å². The molecule has 0 saturated heterocycles. The standard InChI is InChI=1S/C18H14N4O/c23-18(19-11-6-7-11)10-5-8-13-12(9-10)16-17(21-13)22-15-4-2-1-3-14(15)20-16/h1-5,8-9,11H,6-7H2,(H,19,23)(H,21,22). The van der Waals surface area contributed by atoms with Crippen LogP contribution in [0.25, 0.3) is 33.1 Å². The number of fused-ring (bicyclic) bond motifs is 4. The summed E-state index contributed by atoms with van der Waals surface area (Å²) >= 11 is 0. The maximum atomic E-state index is 12.3. The molecule has 5 rings (SSSR count). The normalized spacial score (nSPS) is 14.6. The van der Waals surface area contributed by atoms with Gasteiger partial charge in [0.15, 0.2) is 5.65 Å². The van der Waals surface area contributed by atoms with E-state index in [4.69, 9.17) is 4.98 Å². The number of aromatic amines is 1. The largest absolute Gasteiger partial charge is 0.349 e. The zero-order valence-corrected chi connectivity index (χ0v) is 12.3. The number of benzene rings is 2. The molecule has 0 radical (unpaired) electrons. The summed E-state index contributed by atoms with van der Waals surface area (Å²) in [5.41, 5.74) is 4.88. The Balaban J connectivity index is 1.71. The van der Waals surface area contributed by atoms with Gasteiger partial charge in [-0.25, -0.2) is 9.97 Å². The van der Waals surface area contributed by atoms with Crippen molar-refractivity contribution >= 4 is 39.0 Å². The summed E-state index contributed by atoms with van der Waals surface area (Å²) in [6.45, 7) is 0. The summed E-state index contributed by atoms with van der Waals surface area (Å²) in [7, 11) is 0. The van der Waals surface area contributed by atoms with E-state index in [9.17, 15) is 4.79 Å². The number of hydrogen-bond acceptors (Lipinski definition) is 3. The Kier molecular flexibility index (Phi) is 2.47. The zero-order valence-electron chi connectivity index (χ0n) is 12.3. The molecule has 5 nitrogen and oxygen atoms in total. The van der Waals surface area contributed by atoms with Crippen LogP contribution in [0.5, 0.6) is 0 Å². The molecular formula is C18H14N4O. The molecule has 23 heavy (non-hydrogen) atoms. The molecule has 2 aromatic carbocycles. The van der Waals surface area contributed by atoms with Gasteiger partial charge in [-0.3, -0.25) is 4.79 Å². The van der Waals surface area contributed by atoms with Gasteiger partial charge in [0.1, 0.15) is 5.52 Å². The number of hydrogen-bond donors (Lipinski definition) is 2. The number of carbonyl (C=O) groups excluding carboxylic acids is 1. The molecule has 0 bridgehead atoms. The molecule has 0 unspecified atom stereocenters. The fourth-order valence-corrected chi connectivity index (χ4v) is 2.89. The first-order chi connectivity index (χ1) is 11.3. The zero-order chi connectivity index (χ0) is 15.4. The van der Waals surface area contributed by atoms with Crippen LogP contribution in [0, 0.1) is 0 Å². The quantitative estimate of drug-likeness (QED) is 0.597. The molecule has 0 atom stereocenters. The molecule has 2 N–H and O–H groups in total. The van der Waals surface area contributed by atoms with Gasteiger partial charge in [-0.05, 0) is 43.2 Å². The maximum Gasteiger partial charge on any atom is 0.251 e. The van der Waals surface area contributed by atoms with Crippen LogP contribution in [0.2, 0.25) is 0 Å². The highest BCUT2D eigenvalue weighted by Crippen LogP contribution is 2.26. The van der Waals surface area contributed by atoms with Gasteiger partial charge in [0.2, 0.25) is 0 Å². The maximum absolute atomic E-state index is 12.3. The fourth-order valence-electron chi connectivity index (χ4n) is 2.89. The topological polar surface area (TPSA) is 70.7 Å². The van der Waals surface area contributed by atoms with Gasteiger partial charge < -0.3 is 10.3 Å². The SMILES string of the molecule is O=C(NC1CC1)c1ccc2[nH]c3nc4ccccc4nc3c2c1. The fraction of sp³-hybridized carbons (Fsp3) is 0.167. The van der Waals surface area contributed by atoms with E-state index in [0.717, 1.165) is 45.9 Å². The third kappa shape index (κ3) is 2.04. The molecule has 0 aliphatic heterocycles. The Hall–Kier alpha value is -2.95. The molecule has 1 amide bonds. The number of para-hydroxylation sites is 2. The smallest absolute Gasteiger partial charge is 0.251 e. The first-order valence-corrected chi connectivity index (χ1v) is 7.77. The van der Waals surface area contributed by atoms with Crippen molar-refractivity contribution < 1.29 is 4.79 Å². The molecule has 5 heteroatoms. The highest BCUT2D eigenvalue weighted by atomic mass is 16.1. The van der Waals surface area contributed by atoms with Crippen LogP contribution in [0.1, 0.15) is 23.2 Å². The van der Waals surface area contributed by atoms with Crippen LogP contribution in [-0.4, -0.2) is 26.9 Å². The summed E-state index contributed by atoms with van der Waals surface area (Å²) in [6, 6.07) is 13.8. The molecule has 112 valence electrons. The Bertz CT molecular complexity index is 1080. The van der Waals surface area contributed by atoms with E-state index in [1.54, 1.807) is 0 Å².